The third-order valence-corrected chi connectivity index (χ3v) is 19.6. The molecule has 6 N–H and O–H groups in total. The number of likely N-dealkylation sites (N-methyl/N-ethyl adjacent to an activating group) is 2. The van der Waals surface area contributed by atoms with Crippen molar-refractivity contribution in [1.29, 1.82) is 0 Å². The van der Waals surface area contributed by atoms with Crippen LogP contribution in [0.15, 0.2) is 23.8 Å². The number of nitrogens with zero attached hydrogens (tertiary/aromatic N) is 2. The van der Waals surface area contributed by atoms with E-state index in [4.69, 9.17) is 23.7 Å². The zero-order valence-corrected chi connectivity index (χ0v) is 45.3. The van der Waals surface area contributed by atoms with Crippen LogP contribution in [0.1, 0.15) is 133 Å². The number of unbranched alkanes of at least 4 members (excludes halogenated alkanes) is 1. The average molecular weight is 1040 g/mol. The summed E-state index contributed by atoms with van der Waals surface area (Å²) in [5.41, 5.74) is -9.21. The van der Waals surface area contributed by atoms with E-state index in [1.54, 1.807) is 47.6 Å². The average Bonchev–Trinajstić information content (AvgIpc) is 3.52. The summed E-state index contributed by atoms with van der Waals surface area (Å²) in [6.45, 7) is 15.6. The number of aliphatic hydroxyl groups is 6. The van der Waals surface area contributed by atoms with Crippen molar-refractivity contribution >= 4 is 23.7 Å². The first-order valence-corrected chi connectivity index (χ1v) is 27.0. The largest absolute Gasteiger partial charge is 0.464 e. The maximum Gasteiger partial charge on any atom is 0.338 e. The SMILES string of the molecule is CC[C@H]1OC(=O)[C@H](C)[C@@H](O)[C@H](C)[C@@H](O[C@@H]2O[C@H](C)C[C@@H](N(C)C)[C@H]2OC(=O)CCCCOC(=O)[C@@]2(O)[C@H](C)CC3C4CCC5=CC(=O)C=C[C@]5(C)[C@@]4(F)[C@@H](O)C[C@@]32C)[C@]2(O)C[C@H](CN(C)[C@H](C)[C@@H](O)[C@]1(C)O)C2. The van der Waals surface area contributed by atoms with Crippen LogP contribution in [-0.2, 0) is 42.9 Å². The molecule has 0 amide bonds. The quantitative estimate of drug-likeness (QED) is 0.0975. The number of ketones is 1. The summed E-state index contributed by atoms with van der Waals surface area (Å²) in [6, 6.07) is -0.949. The van der Waals surface area contributed by atoms with Crippen molar-refractivity contribution in [1.82, 2.24) is 9.80 Å². The van der Waals surface area contributed by atoms with Gasteiger partial charge in [0.15, 0.2) is 29.4 Å². The van der Waals surface area contributed by atoms with Crippen LogP contribution in [0, 0.1) is 46.3 Å². The Bertz CT molecular complexity index is 2120. The Hall–Kier alpha value is -2.91. The van der Waals surface area contributed by atoms with E-state index in [0.717, 1.165) is 0 Å². The molecular formula is C55H87FN2O15. The van der Waals surface area contributed by atoms with Gasteiger partial charge in [-0.25, -0.2) is 9.18 Å². The Morgan fingerprint density at radius 2 is 1.63 bits per heavy atom. The Morgan fingerprint density at radius 3 is 2.27 bits per heavy atom. The lowest BCUT2D eigenvalue weighted by atomic mass is 9.45. The smallest absolute Gasteiger partial charge is 0.338 e. The van der Waals surface area contributed by atoms with Gasteiger partial charge in [-0.05, 0) is 150 Å². The van der Waals surface area contributed by atoms with Gasteiger partial charge in [0.25, 0.3) is 0 Å². The molecule has 3 saturated heterocycles. The van der Waals surface area contributed by atoms with E-state index in [9.17, 15) is 49.8 Å². The van der Waals surface area contributed by atoms with Crippen LogP contribution in [0.25, 0.3) is 0 Å². The number of carbonyl (C=O) groups is 4. The lowest BCUT2D eigenvalue weighted by molar-refractivity contribution is -0.313. The summed E-state index contributed by atoms with van der Waals surface area (Å²) < 4.78 is 48.6. The van der Waals surface area contributed by atoms with E-state index in [0.29, 0.717) is 37.8 Å². The van der Waals surface area contributed by atoms with Crippen LogP contribution >= 0.6 is 0 Å². The molecule has 4 saturated carbocycles. The summed E-state index contributed by atoms with van der Waals surface area (Å²) in [4.78, 5) is 57.6. The molecule has 414 valence electrons. The van der Waals surface area contributed by atoms with Crippen molar-refractivity contribution in [2.45, 2.75) is 217 Å². The van der Waals surface area contributed by atoms with Gasteiger partial charge in [0.05, 0.1) is 48.6 Å². The van der Waals surface area contributed by atoms with Crippen molar-refractivity contribution in [3.05, 3.63) is 23.8 Å². The van der Waals surface area contributed by atoms with E-state index < -0.39 is 136 Å². The number of aliphatic hydroxyl groups excluding tert-OH is 3. The molecule has 0 aromatic heterocycles. The second kappa shape index (κ2) is 21.1. The second-order valence-corrected chi connectivity index (χ2v) is 24.6. The number of allylic oxidation sites excluding steroid dienone is 4. The number of halogens is 1. The summed E-state index contributed by atoms with van der Waals surface area (Å²) in [5, 5.41) is 71.3. The van der Waals surface area contributed by atoms with Crippen molar-refractivity contribution < 1.29 is 77.9 Å². The summed E-state index contributed by atoms with van der Waals surface area (Å²) in [7, 11) is 5.52. The minimum Gasteiger partial charge on any atom is -0.464 e. The zero-order valence-electron chi connectivity index (χ0n) is 45.3. The predicted molar refractivity (Wildman–Crippen MR) is 265 cm³/mol. The number of ether oxygens (including phenoxy) is 5. The number of fused-ring (bicyclic) bond motifs is 16. The molecule has 2 unspecified atom stereocenters. The first kappa shape index (κ1) is 57.8. The van der Waals surface area contributed by atoms with E-state index in [1.165, 1.54) is 26.0 Å². The third kappa shape index (κ3) is 9.92. The van der Waals surface area contributed by atoms with Crippen LogP contribution in [0.3, 0.4) is 0 Å². The molecule has 2 bridgehead atoms. The van der Waals surface area contributed by atoms with Crippen molar-refractivity contribution in [2.75, 3.05) is 34.3 Å². The van der Waals surface area contributed by atoms with Gasteiger partial charge in [-0.15, -0.1) is 0 Å². The molecule has 73 heavy (non-hydrogen) atoms. The summed E-state index contributed by atoms with van der Waals surface area (Å²) >= 11 is 0. The first-order chi connectivity index (χ1) is 33.9. The highest BCUT2D eigenvalue weighted by molar-refractivity contribution is 6.01. The molecule has 0 aromatic rings. The number of esters is 3. The van der Waals surface area contributed by atoms with Crippen LogP contribution < -0.4 is 0 Å². The monoisotopic (exact) mass is 1030 g/mol. The third-order valence-electron chi connectivity index (χ3n) is 19.6. The van der Waals surface area contributed by atoms with Gasteiger partial charge in [-0.2, -0.15) is 0 Å². The Kier molecular flexibility index (Phi) is 16.7. The summed E-state index contributed by atoms with van der Waals surface area (Å²) in [6.07, 6.45) is -2.03. The molecule has 8 rings (SSSR count). The van der Waals surface area contributed by atoms with E-state index in [-0.39, 0.29) is 69.4 Å². The van der Waals surface area contributed by atoms with E-state index in [1.807, 2.05) is 37.9 Å². The molecule has 0 spiro atoms. The molecule has 17 nitrogen and oxygen atoms in total. The fourth-order valence-corrected chi connectivity index (χ4v) is 14.9. The van der Waals surface area contributed by atoms with Crippen molar-refractivity contribution in [3.63, 3.8) is 0 Å². The zero-order chi connectivity index (χ0) is 54.1. The fraction of sp³-hybridized carbons (Fsp3) is 0.855. The molecule has 0 radical (unpaired) electrons. The fourth-order valence-electron chi connectivity index (χ4n) is 14.9. The highest BCUT2D eigenvalue weighted by Gasteiger charge is 2.76. The Balaban J connectivity index is 1.01. The predicted octanol–water partition coefficient (Wildman–Crippen LogP) is 3.95. The molecule has 7 fully saturated rings. The summed E-state index contributed by atoms with van der Waals surface area (Å²) in [5.74, 6) is -6.27. The van der Waals surface area contributed by atoms with Gasteiger partial charge in [-0.3, -0.25) is 14.4 Å². The molecule has 5 aliphatic carbocycles. The molecule has 20 atom stereocenters. The van der Waals surface area contributed by atoms with Crippen LogP contribution in [0.4, 0.5) is 4.39 Å². The molecule has 0 aromatic carbocycles. The topological polar surface area (TPSA) is 242 Å². The van der Waals surface area contributed by atoms with Gasteiger partial charge < -0.3 is 64.1 Å². The molecule has 8 aliphatic rings. The molecule has 3 aliphatic heterocycles. The second-order valence-electron chi connectivity index (χ2n) is 24.6. The number of hydrogen-bond donors (Lipinski definition) is 6. The molecule has 3 heterocycles. The molecular weight excluding hydrogens is 948 g/mol. The maximum absolute atomic E-state index is 17.7. The maximum atomic E-state index is 17.7. The number of carbonyl (C=O) groups excluding carboxylic acids is 4. The van der Waals surface area contributed by atoms with Gasteiger partial charge in [0, 0.05) is 41.7 Å². The number of rotatable bonds is 11. The molecule has 18 heteroatoms. The van der Waals surface area contributed by atoms with Crippen LogP contribution in [0.5, 0.6) is 0 Å². The van der Waals surface area contributed by atoms with Crippen molar-refractivity contribution in [3.8, 4) is 0 Å². The lowest BCUT2D eigenvalue weighted by Gasteiger charge is -2.62. The minimum atomic E-state index is -2.11. The van der Waals surface area contributed by atoms with Gasteiger partial charge in [0.2, 0.25) is 0 Å². The standard InChI is InChI=1S/C55H87FN2O15/c1-13-41-52(9,66)45(63)33(6)58(12)28-34-25-53(67,26-34)46(31(4)43(62)32(5)47(64)71-41)73-48-44(39(57(10)11)23-30(3)70-48)72-42(61)16-14-15-21-69-49(65)55(68)29(2)22-38-37-18-17-35-24-36(59)19-20-50(35,7)54(37,56)40(60)27-51(38,55)8/h19-20,24,29-34,37-41,43-46,48,60,62-63,66-68H,13-18,21-23,25-28H2,1-12H3/t29-,30-,31+,32-,33-,34-,37?,38?,39-,40+,41-,43+,44-,45-,46-,48+,50+,51+,52-,53-,54+,55+/m1/s1. The van der Waals surface area contributed by atoms with E-state index >= 15 is 4.39 Å². The van der Waals surface area contributed by atoms with Crippen LogP contribution in [-0.4, -0.2) is 182 Å². The van der Waals surface area contributed by atoms with Gasteiger partial charge in [0.1, 0.15) is 17.8 Å². The first-order valence-electron chi connectivity index (χ1n) is 27.0. The normalized spacial score (nSPS) is 48.5. The van der Waals surface area contributed by atoms with Gasteiger partial charge in [-0.1, -0.05) is 39.3 Å². The Morgan fingerprint density at radius 1 is 0.959 bits per heavy atom. The minimum absolute atomic E-state index is 0.0574. The van der Waals surface area contributed by atoms with Crippen LogP contribution in [0.2, 0.25) is 0 Å². The lowest BCUT2D eigenvalue weighted by Crippen LogP contribution is -2.69. The van der Waals surface area contributed by atoms with Gasteiger partial charge >= 0.3 is 17.9 Å². The van der Waals surface area contributed by atoms with E-state index in [2.05, 4.69) is 0 Å². The van der Waals surface area contributed by atoms with Crippen molar-refractivity contribution in [2.24, 2.45) is 46.3 Å². The highest BCUT2D eigenvalue weighted by atomic mass is 19.1. The number of alkyl halides is 1. The number of hydrogen-bond acceptors (Lipinski definition) is 17. The Labute approximate surface area is 431 Å². The highest BCUT2D eigenvalue weighted by Crippen LogP contribution is 2.70.